The van der Waals surface area contributed by atoms with E-state index in [9.17, 15) is 18.7 Å². The van der Waals surface area contributed by atoms with E-state index in [1.807, 2.05) is 6.92 Å². The van der Waals surface area contributed by atoms with Crippen molar-refractivity contribution in [3.05, 3.63) is 63.9 Å². The van der Waals surface area contributed by atoms with E-state index in [2.05, 4.69) is 0 Å². The predicted molar refractivity (Wildman–Crippen MR) is 90.0 cm³/mol. The minimum absolute atomic E-state index is 0.0697. The van der Waals surface area contributed by atoms with Crippen molar-refractivity contribution in [1.29, 1.82) is 0 Å². The van der Waals surface area contributed by atoms with Crippen LogP contribution in [0.1, 0.15) is 30.9 Å². The summed E-state index contributed by atoms with van der Waals surface area (Å²) in [4.78, 5) is 12.1. The van der Waals surface area contributed by atoms with Crippen molar-refractivity contribution >= 4 is 23.0 Å². The number of carbonyl (C=O) groups excluding carboxylic acids is 1. The second kappa shape index (κ2) is 6.36. The smallest absolute Gasteiger partial charge is 0.167 e. The summed E-state index contributed by atoms with van der Waals surface area (Å²) in [5.74, 6) is -1.73. The summed E-state index contributed by atoms with van der Waals surface area (Å²) >= 11 is 5.52. The molecule has 3 rings (SSSR count). The molecule has 0 amide bonds. The van der Waals surface area contributed by atoms with Gasteiger partial charge in [0.05, 0.1) is 5.57 Å². The van der Waals surface area contributed by atoms with Gasteiger partial charge in [0.25, 0.3) is 0 Å². The van der Waals surface area contributed by atoms with E-state index in [1.54, 1.807) is 18.2 Å². The SMILES string of the molecule is CCc1ccc(-c2cc(F)c(Cl)c(F)c2)cc1C1=C(O)CCC1=O. The molecule has 0 heterocycles. The largest absolute Gasteiger partial charge is 0.512 e. The molecule has 0 radical (unpaired) electrons. The van der Waals surface area contributed by atoms with E-state index in [4.69, 9.17) is 11.6 Å². The molecule has 0 saturated carbocycles. The molecule has 0 spiro atoms. The first-order valence-corrected chi connectivity index (χ1v) is 8.03. The lowest BCUT2D eigenvalue weighted by Crippen LogP contribution is -2.01. The number of hydrogen-bond donors (Lipinski definition) is 1. The molecule has 0 unspecified atom stereocenters. The Kier molecular flexibility index (Phi) is 4.41. The van der Waals surface area contributed by atoms with Crippen LogP contribution in [0.25, 0.3) is 16.7 Å². The fourth-order valence-corrected chi connectivity index (χ4v) is 3.08. The molecule has 1 N–H and O–H groups in total. The highest BCUT2D eigenvalue weighted by Crippen LogP contribution is 2.35. The number of aliphatic hydroxyl groups is 1. The van der Waals surface area contributed by atoms with Gasteiger partial charge in [-0.1, -0.05) is 30.7 Å². The van der Waals surface area contributed by atoms with E-state index >= 15 is 0 Å². The molecule has 0 bridgehead atoms. The maximum Gasteiger partial charge on any atom is 0.167 e. The summed E-state index contributed by atoms with van der Waals surface area (Å²) in [6.07, 6.45) is 1.27. The van der Waals surface area contributed by atoms with Gasteiger partial charge in [0.1, 0.15) is 22.4 Å². The Labute approximate surface area is 143 Å². The van der Waals surface area contributed by atoms with Gasteiger partial charge in [0.2, 0.25) is 0 Å². The van der Waals surface area contributed by atoms with E-state index < -0.39 is 16.7 Å². The average molecular weight is 349 g/mol. The van der Waals surface area contributed by atoms with Crippen LogP contribution in [0.5, 0.6) is 0 Å². The lowest BCUT2D eigenvalue weighted by molar-refractivity contribution is -0.113. The first kappa shape index (κ1) is 16.7. The lowest BCUT2D eigenvalue weighted by Gasteiger charge is -2.12. The van der Waals surface area contributed by atoms with Crippen molar-refractivity contribution in [3.63, 3.8) is 0 Å². The van der Waals surface area contributed by atoms with Crippen LogP contribution in [-0.4, -0.2) is 10.9 Å². The molecule has 0 fully saturated rings. The highest BCUT2D eigenvalue weighted by Gasteiger charge is 2.26. The maximum absolute atomic E-state index is 13.7. The minimum atomic E-state index is -0.841. The second-order valence-corrected chi connectivity index (χ2v) is 6.10. The van der Waals surface area contributed by atoms with Crippen LogP contribution in [0.2, 0.25) is 5.02 Å². The normalized spacial score (nSPS) is 14.6. The highest BCUT2D eigenvalue weighted by atomic mass is 35.5. The van der Waals surface area contributed by atoms with Gasteiger partial charge >= 0.3 is 0 Å². The number of aliphatic hydroxyl groups excluding tert-OH is 1. The summed E-state index contributed by atoms with van der Waals surface area (Å²) in [5.41, 5.74) is 2.69. The molecule has 0 atom stereocenters. The third kappa shape index (κ3) is 2.82. The standard InChI is InChI=1S/C19H15ClF2O2/c1-2-10-3-4-11(12-8-14(21)19(20)15(22)9-12)7-13(10)18-16(23)5-6-17(18)24/h3-4,7-9,23H,2,5-6H2,1H3. The number of halogens is 3. The number of aryl methyl sites for hydroxylation is 1. The number of allylic oxidation sites excluding steroid dienone is 2. The zero-order valence-electron chi connectivity index (χ0n) is 13.0. The van der Waals surface area contributed by atoms with Crippen molar-refractivity contribution in [2.45, 2.75) is 26.2 Å². The first-order chi connectivity index (χ1) is 11.4. The zero-order valence-corrected chi connectivity index (χ0v) is 13.8. The Morgan fingerprint density at radius 1 is 1.08 bits per heavy atom. The predicted octanol–water partition coefficient (Wildman–Crippen LogP) is 5.48. The van der Waals surface area contributed by atoms with Crippen molar-refractivity contribution < 1.29 is 18.7 Å². The summed E-state index contributed by atoms with van der Waals surface area (Å²) in [5, 5.41) is 9.49. The zero-order chi connectivity index (χ0) is 17.4. The summed E-state index contributed by atoms with van der Waals surface area (Å²) in [6, 6.07) is 7.54. The van der Waals surface area contributed by atoms with E-state index in [1.165, 1.54) is 0 Å². The number of ketones is 1. The number of rotatable bonds is 3. The molecular weight excluding hydrogens is 334 g/mol. The second-order valence-electron chi connectivity index (χ2n) is 5.72. The molecule has 2 aromatic carbocycles. The molecule has 2 nitrogen and oxygen atoms in total. The number of hydrogen-bond acceptors (Lipinski definition) is 2. The Morgan fingerprint density at radius 2 is 1.75 bits per heavy atom. The molecule has 124 valence electrons. The van der Waals surface area contributed by atoms with Crippen molar-refractivity contribution in [2.24, 2.45) is 0 Å². The third-order valence-electron chi connectivity index (χ3n) is 4.23. The fraction of sp³-hybridized carbons (Fsp3) is 0.211. The van der Waals surface area contributed by atoms with Crippen LogP contribution in [0, 0.1) is 11.6 Å². The van der Waals surface area contributed by atoms with Gasteiger partial charge in [-0.2, -0.15) is 0 Å². The highest BCUT2D eigenvalue weighted by molar-refractivity contribution is 6.31. The summed E-state index contributed by atoms with van der Waals surface area (Å²) in [7, 11) is 0. The molecule has 5 heteroatoms. The third-order valence-corrected chi connectivity index (χ3v) is 4.59. The molecule has 2 aromatic rings. The van der Waals surface area contributed by atoms with Gasteiger partial charge in [0.15, 0.2) is 5.78 Å². The van der Waals surface area contributed by atoms with Crippen LogP contribution in [0.3, 0.4) is 0 Å². The molecule has 24 heavy (non-hydrogen) atoms. The van der Waals surface area contributed by atoms with Gasteiger partial charge < -0.3 is 5.11 Å². The van der Waals surface area contributed by atoms with Crippen LogP contribution >= 0.6 is 11.6 Å². The van der Waals surface area contributed by atoms with Crippen LogP contribution < -0.4 is 0 Å². The van der Waals surface area contributed by atoms with Crippen LogP contribution in [-0.2, 0) is 11.2 Å². The Hall–Kier alpha value is -2.20. The van der Waals surface area contributed by atoms with Crippen LogP contribution in [0.4, 0.5) is 8.78 Å². The van der Waals surface area contributed by atoms with Crippen molar-refractivity contribution in [1.82, 2.24) is 0 Å². The van der Waals surface area contributed by atoms with Gasteiger partial charge in [-0.25, -0.2) is 8.78 Å². The van der Waals surface area contributed by atoms with Crippen molar-refractivity contribution in [2.75, 3.05) is 0 Å². The fourth-order valence-electron chi connectivity index (χ4n) is 2.97. The maximum atomic E-state index is 13.7. The average Bonchev–Trinajstić information content (AvgIpc) is 2.90. The van der Waals surface area contributed by atoms with E-state index in [-0.39, 0.29) is 18.0 Å². The van der Waals surface area contributed by atoms with Gasteiger partial charge in [-0.05, 0) is 46.9 Å². The minimum Gasteiger partial charge on any atom is -0.512 e. The lowest BCUT2D eigenvalue weighted by atomic mass is 9.92. The van der Waals surface area contributed by atoms with Gasteiger partial charge in [0, 0.05) is 12.8 Å². The van der Waals surface area contributed by atoms with Gasteiger partial charge in [-0.3, -0.25) is 4.79 Å². The summed E-state index contributed by atoms with van der Waals surface area (Å²) < 4.78 is 27.4. The molecular formula is C19H15ClF2O2. The van der Waals surface area contributed by atoms with Crippen molar-refractivity contribution in [3.8, 4) is 11.1 Å². The Balaban J connectivity index is 2.17. The Morgan fingerprint density at radius 3 is 2.29 bits per heavy atom. The van der Waals surface area contributed by atoms with E-state index in [0.717, 1.165) is 17.7 Å². The number of carbonyl (C=O) groups is 1. The molecule has 1 aliphatic carbocycles. The molecule has 0 aromatic heterocycles. The Bertz CT molecular complexity index is 849. The molecule has 0 saturated heterocycles. The van der Waals surface area contributed by atoms with Crippen LogP contribution in [0.15, 0.2) is 36.1 Å². The monoisotopic (exact) mass is 348 g/mol. The van der Waals surface area contributed by atoms with E-state index in [0.29, 0.717) is 35.1 Å². The quantitative estimate of drug-likeness (QED) is 0.746. The first-order valence-electron chi connectivity index (χ1n) is 7.66. The number of benzene rings is 2. The molecule has 0 aliphatic heterocycles. The van der Waals surface area contributed by atoms with Gasteiger partial charge in [-0.15, -0.1) is 0 Å². The topological polar surface area (TPSA) is 37.3 Å². The summed E-state index contributed by atoms with van der Waals surface area (Å²) in [6.45, 7) is 1.94. The number of Topliss-reactive ketones (excluding diaryl/α,β-unsaturated/α-hetero) is 1. The molecule has 1 aliphatic rings.